The standard InChI is InChI=1S/C22H21ClN2O3S/c23-19-11-13-20(14-12-19)25(29(27,28)21-9-5-2-6-10-21)17-22(26)24-16-15-18-7-3-1-4-8-18/h1-14H,15-17H2,(H,24,26). The van der Waals surface area contributed by atoms with Crippen LogP contribution >= 0.6 is 11.6 Å². The maximum atomic E-state index is 13.2. The van der Waals surface area contributed by atoms with Crippen molar-refractivity contribution in [2.24, 2.45) is 0 Å². The minimum Gasteiger partial charge on any atom is -0.354 e. The number of amides is 1. The molecule has 29 heavy (non-hydrogen) atoms. The highest BCUT2D eigenvalue weighted by molar-refractivity contribution is 7.92. The van der Waals surface area contributed by atoms with Gasteiger partial charge in [0.15, 0.2) is 0 Å². The molecule has 0 unspecified atom stereocenters. The quantitative estimate of drug-likeness (QED) is 0.591. The summed E-state index contributed by atoms with van der Waals surface area (Å²) in [5.74, 6) is -0.379. The molecule has 0 saturated heterocycles. The van der Waals surface area contributed by atoms with Crippen LogP contribution in [0.1, 0.15) is 5.56 Å². The molecular weight excluding hydrogens is 408 g/mol. The summed E-state index contributed by atoms with van der Waals surface area (Å²) in [5, 5.41) is 3.28. The second-order valence-corrected chi connectivity index (χ2v) is 8.69. The molecule has 0 aliphatic carbocycles. The van der Waals surface area contributed by atoms with Gasteiger partial charge in [-0.25, -0.2) is 8.42 Å². The van der Waals surface area contributed by atoms with Crippen molar-refractivity contribution in [2.75, 3.05) is 17.4 Å². The van der Waals surface area contributed by atoms with Crippen LogP contribution in [-0.4, -0.2) is 27.4 Å². The summed E-state index contributed by atoms with van der Waals surface area (Å²) in [7, 11) is -3.91. The van der Waals surface area contributed by atoms with E-state index in [-0.39, 0.29) is 17.3 Å². The lowest BCUT2D eigenvalue weighted by atomic mass is 10.1. The molecule has 0 fully saturated rings. The molecule has 0 aliphatic heterocycles. The van der Waals surface area contributed by atoms with Gasteiger partial charge in [0, 0.05) is 11.6 Å². The highest BCUT2D eigenvalue weighted by atomic mass is 35.5. The highest BCUT2D eigenvalue weighted by Gasteiger charge is 2.26. The number of hydrogen-bond donors (Lipinski definition) is 1. The third-order valence-corrected chi connectivity index (χ3v) is 6.35. The van der Waals surface area contributed by atoms with Crippen LogP contribution in [0, 0.1) is 0 Å². The van der Waals surface area contributed by atoms with Gasteiger partial charge in [0.2, 0.25) is 5.91 Å². The van der Waals surface area contributed by atoms with E-state index in [1.54, 1.807) is 42.5 Å². The first-order chi connectivity index (χ1) is 14.0. The van der Waals surface area contributed by atoms with Crippen LogP contribution in [0.25, 0.3) is 0 Å². The smallest absolute Gasteiger partial charge is 0.264 e. The summed E-state index contributed by atoms with van der Waals surface area (Å²) in [6.07, 6.45) is 0.666. The number of nitrogens with one attached hydrogen (secondary N) is 1. The number of hydrogen-bond acceptors (Lipinski definition) is 3. The maximum absolute atomic E-state index is 13.2. The molecule has 0 saturated carbocycles. The molecule has 3 rings (SSSR count). The topological polar surface area (TPSA) is 66.5 Å². The predicted octanol–water partition coefficient (Wildman–Crippen LogP) is 3.89. The Bertz CT molecular complexity index is 1040. The first kappa shape index (κ1) is 20.9. The van der Waals surface area contributed by atoms with Crippen LogP contribution in [0.4, 0.5) is 5.69 Å². The predicted molar refractivity (Wildman–Crippen MR) is 116 cm³/mol. The van der Waals surface area contributed by atoms with Crippen molar-refractivity contribution >= 4 is 33.2 Å². The Morgan fingerprint density at radius 2 is 1.45 bits per heavy atom. The maximum Gasteiger partial charge on any atom is 0.264 e. The second kappa shape index (κ2) is 9.58. The third kappa shape index (κ3) is 5.59. The first-order valence-corrected chi connectivity index (χ1v) is 10.9. The van der Waals surface area contributed by atoms with Gasteiger partial charge in [-0.15, -0.1) is 0 Å². The van der Waals surface area contributed by atoms with Crippen LogP contribution in [0.2, 0.25) is 5.02 Å². The Morgan fingerprint density at radius 1 is 0.862 bits per heavy atom. The summed E-state index contributed by atoms with van der Waals surface area (Å²) in [4.78, 5) is 12.6. The van der Waals surface area contributed by atoms with Gasteiger partial charge in [-0.05, 0) is 48.4 Å². The molecule has 3 aromatic rings. The average molecular weight is 429 g/mol. The Hall–Kier alpha value is -2.83. The van der Waals surface area contributed by atoms with Crippen LogP contribution < -0.4 is 9.62 Å². The number of sulfonamides is 1. The SMILES string of the molecule is O=C(CN(c1ccc(Cl)cc1)S(=O)(=O)c1ccccc1)NCCc1ccccc1. The highest BCUT2D eigenvalue weighted by Crippen LogP contribution is 2.24. The Labute approximate surface area is 176 Å². The number of anilines is 1. The molecule has 0 aliphatic rings. The molecule has 0 bridgehead atoms. The van der Waals surface area contributed by atoms with Gasteiger partial charge in [-0.1, -0.05) is 60.1 Å². The Balaban J connectivity index is 1.76. The van der Waals surface area contributed by atoms with Gasteiger partial charge in [0.05, 0.1) is 10.6 Å². The van der Waals surface area contributed by atoms with E-state index in [2.05, 4.69) is 5.32 Å². The summed E-state index contributed by atoms with van der Waals surface area (Å²) < 4.78 is 27.4. The summed E-state index contributed by atoms with van der Waals surface area (Å²) in [5.41, 5.74) is 1.47. The van der Waals surface area contributed by atoms with Gasteiger partial charge in [0.1, 0.15) is 6.54 Å². The minimum atomic E-state index is -3.91. The zero-order chi connectivity index (χ0) is 20.7. The van der Waals surface area contributed by atoms with E-state index in [0.717, 1.165) is 9.87 Å². The third-order valence-electron chi connectivity index (χ3n) is 4.31. The van der Waals surface area contributed by atoms with Crippen LogP contribution in [0.5, 0.6) is 0 Å². The zero-order valence-electron chi connectivity index (χ0n) is 15.7. The Kier molecular flexibility index (Phi) is 6.90. The van der Waals surface area contributed by atoms with E-state index < -0.39 is 10.0 Å². The van der Waals surface area contributed by atoms with Gasteiger partial charge < -0.3 is 5.32 Å². The molecule has 1 N–H and O–H groups in total. The van der Waals surface area contributed by atoms with Crippen molar-refractivity contribution in [1.82, 2.24) is 5.32 Å². The van der Waals surface area contributed by atoms with E-state index in [0.29, 0.717) is 23.7 Å². The normalized spacial score (nSPS) is 11.1. The average Bonchev–Trinajstić information content (AvgIpc) is 2.74. The Morgan fingerprint density at radius 3 is 2.07 bits per heavy atom. The lowest BCUT2D eigenvalue weighted by Crippen LogP contribution is -2.41. The number of benzene rings is 3. The van der Waals surface area contributed by atoms with Gasteiger partial charge in [-0.2, -0.15) is 0 Å². The fraction of sp³-hybridized carbons (Fsp3) is 0.136. The van der Waals surface area contributed by atoms with Crippen molar-refractivity contribution in [2.45, 2.75) is 11.3 Å². The lowest BCUT2D eigenvalue weighted by Gasteiger charge is -2.24. The van der Waals surface area contributed by atoms with Crippen molar-refractivity contribution < 1.29 is 13.2 Å². The van der Waals surface area contributed by atoms with Crippen LogP contribution in [-0.2, 0) is 21.2 Å². The minimum absolute atomic E-state index is 0.118. The van der Waals surface area contributed by atoms with E-state index in [1.807, 2.05) is 30.3 Å². The van der Waals surface area contributed by atoms with E-state index in [4.69, 9.17) is 11.6 Å². The number of halogens is 1. The fourth-order valence-electron chi connectivity index (χ4n) is 2.82. The van der Waals surface area contributed by atoms with Crippen molar-refractivity contribution in [3.05, 3.63) is 95.5 Å². The lowest BCUT2D eigenvalue weighted by molar-refractivity contribution is -0.119. The number of nitrogens with zero attached hydrogens (tertiary/aromatic N) is 1. The van der Waals surface area contributed by atoms with Crippen LogP contribution in [0.15, 0.2) is 89.8 Å². The van der Waals surface area contributed by atoms with Crippen molar-refractivity contribution in [3.63, 3.8) is 0 Å². The molecule has 7 heteroatoms. The first-order valence-electron chi connectivity index (χ1n) is 9.11. The van der Waals surface area contributed by atoms with Crippen LogP contribution in [0.3, 0.4) is 0 Å². The number of carbonyl (C=O) groups excluding carboxylic acids is 1. The van der Waals surface area contributed by atoms with Crippen molar-refractivity contribution in [3.8, 4) is 0 Å². The van der Waals surface area contributed by atoms with E-state index >= 15 is 0 Å². The number of rotatable bonds is 8. The molecule has 0 heterocycles. The monoisotopic (exact) mass is 428 g/mol. The molecule has 5 nitrogen and oxygen atoms in total. The van der Waals surface area contributed by atoms with E-state index in [9.17, 15) is 13.2 Å². The molecule has 1 amide bonds. The van der Waals surface area contributed by atoms with Gasteiger partial charge >= 0.3 is 0 Å². The molecular formula is C22H21ClN2O3S. The molecule has 3 aromatic carbocycles. The molecule has 0 aromatic heterocycles. The van der Waals surface area contributed by atoms with Crippen molar-refractivity contribution in [1.29, 1.82) is 0 Å². The second-order valence-electron chi connectivity index (χ2n) is 6.39. The van der Waals surface area contributed by atoms with E-state index in [1.165, 1.54) is 12.1 Å². The number of carbonyl (C=O) groups is 1. The van der Waals surface area contributed by atoms with Gasteiger partial charge in [0.25, 0.3) is 10.0 Å². The molecule has 0 radical (unpaired) electrons. The molecule has 0 spiro atoms. The molecule has 0 atom stereocenters. The largest absolute Gasteiger partial charge is 0.354 e. The summed E-state index contributed by atoms with van der Waals surface area (Å²) in [6.45, 7) is 0.0936. The zero-order valence-corrected chi connectivity index (χ0v) is 17.2. The molecule has 150 valence electrons. The fourth-order valence-corrected chi connectivity index (χ4v) is 4.39. The van der Waals surface area contributed by atoms with Gasteiger partial charge in [-0.3, -0.25) is 9.10 Å². The summed E-state index contributed by atoms with van der Waals surface area (Å²) in [6, 6.07) is 24.2. The summed E-state index contributed by atoms with van der Waals surface area (Å²) >= 11 is 5.93.